The number of fused-ring (bicyclic) bond motifs is 1. The Morgan fingerprint density at radius 3 is 0.821 bits per heavy atom. The number of oxime groups is 3. The molecule has 4 heterocycles. The van der Waals surface area contributed by atoms with Crippen LogP contribution in [0.15, 0.2) is 118 Å². The minimum absolute atomic E-state index is 0.0406. The summed E-state index contributed by atoms with van der Waals surface area (Å²) in [5, 5.41) is 43.3. The average molecular weight is 1620 g/mol. The Morgan fingerprint density at radius 1 is 0.359 bits per heavy atom. The van der Waals surface area contributed by atoms with Gasteiger partial charge in [0.05, 0.1) is 92.3 Å². The second-order valence-electron chi connectivity index (χ2n) is 32.9. The first kappa shape index (κ1) is 88.8. The van der Waals surface area contributed by atoms with Gasteiger partial charge < -0.3 is 97.5 Å². The van der Waals surface area contributed by atoms with Gasteiger partial charge in [-0.15, -0.1) is 0 Å². The maximum Gasteiger partial charge on any atom is 0.409 e. The van der Waals surface area contributed by atoms with Gasteiger partial charge in [0, 0.05) is 123 Å². The van der Waals surface area contributed by atoms with Crippen LogP contribution < -0.4 is 43.3 Å². The van der Waals surface area contributed by atoms with Gasteiger partial charge >= 0.3 is 24.4 Å². The summed E-state index contributed by atoms with van der Waals surface area (Å²) in [6.45, 7) is 19.3. The van der Waals surface area contributed by atoms with Crippen LogP contribution in [-0.4, -0.2) is 223 Å². The van der Waals surface area contributed by atoms with E-state index in [0.29, 0.717) is 92.5 Å². The summed E-state index contributed by atoms with van der Waals surface area (Å²) in [4.78, 5) is 55.5. The molecule has 4 aliphatic carbocycles. The lowest BCUT2D eigenvalue weighted by Gasteiger charge is -2.31. The maximum atomic E-state index is 12.3. The molecule has 0 bridgehead atoms. The molecule has 0 spiro atoms. The summed E-state index contributed by atoms with van der Waals surface area (Å²) >= 11 is 0. The standard InChI is InChI=1S/C25H30N2O5.C22H33N3O4.2C21H30N2O5/c1-16(26-29)25(2)15-27(24(28)31-4)14-21(25)19-9-10-22(30-3)23(13-19)32-20-11-17-7-5-6-8-18(17)12-20;1-15(24-23-3)22(2)14-25(21(26)28-5)13-18(22)16-10-11-19(27-4)20(12-16)29-17-8-6-7-9-17;2*1-14(22-25)21(2)13-23(20(24)27-4)12-17(21)15-9-10-18(26-3)19(11-15)28-16-7-5-6-8-16/h5-10,13,20-21,29H,11-12,14-15H2,1-4H3;10-12,17-18,23H,6-9,13-14H2,1-5H3;2*9-11,16-17,25H,5-8,12-13H2,1-4H3/b26-16-;24-15+;2*22-14-/t21?,25-;18?,22-;2*17?,21-/m0010/s1. The van der Waals surface area contributed by atoms with Crippen LogP contribution in [0, 0.1) is 21.7 Å². The molecule has 4 saturated heterocycles. The van der Waals surface area contributed by atoms with Crippen molar-refractivity contribution in [1.29, 1.82) is 0 Å². The van der Waals surface area contributed by atoms with E-state index in [-0.39, 0.29) is 71.8 Å². The Morgan fingerprint density at radius 2 is 0.598 bits per heavy atom. The number of benzene rings is 5. The molecule has 28 heteroatoms. The molecule has 5 aromatic rings. The number of amides is 4. The van der Waals surface area contributed by atoms with Crippen LogP contribution in [0.1, 0.15) is 189 Å². The van der Waals surface area contributed by atoms with Crippen LogP contribution in [-0.2, 0) is 31.8 Å². The lowest BCUT2D eigenvalue weighted by molar-refractivity contribution is 0.129. The largest absolute Gasteiger partial charge is 0.493 e. The zero-order valence-electron chi connectivity index (χ0n) is 71.4. The van der Waals surface area contributed by atoms with Gasteiger partial charge in [-0.2, -0.15) is 5.10 Å². The first-order valence-corrected chi connectivity index (χ1v) is 40.7. The molecule has 8 atom stereocenters. The second-order valence-corrected chi connectivity index (χ2v) is 32.9. The van der Waals surface area contributed by atoms with Crippen molar-refractivity contribution in [2.24, 2.45) is 42.2 Å². The lowest BCUT2D eigenvalue weighted by atomic mass is 9.73. The maximum absolute atomic E-state index is 12.3. The van der Waals surface area contributed by atoms with Gasteiger partial charge in [-0.25, -0.2) is 19.2 Å². The zero-order valence-corrected chi connectivity index (χ0v) is 71.4. The number of methoxy groups -OCH3 is 8. The smallest absolute Gasteiger partial charge is 0.409 e. The van der Waals surface area contributed by atoms with E-state index in [1.165, 1.54) is 78.1 Å². The van der Waals surface area contributed by atoms with Crippen molar-refractivity contribution in [3.63, 3.8) is 0 Å². The van der Waals surface area contributed by atoms with Crippen molar-refractivity contribution in [3.8, 4) is 46.0 Å². The Labute approximate surface area is 689 Å². The van der Waals surface area contributed by atoms with Crippen LogP contribution >= 0.6 is 0 Å². The topological polar surface area (TPSA) is 314 Å². The third-order valence-electron chi connectivity index (χ3n) is 26.0. The normalized spacial score (nSPS) is 24.9. The second kappa shape index (κ2) is 39.6. The van der Waals surface area contributed by atoms with Crippen molar-refractivity contribution in [2.75, 3.05) is 116 Å². The monoisotopic (exact) mass is 1620 g/mol. The van der Waals surface area contributed by atoms with Gasteiger partial charge in [-0.05, 0) is 187 Å². The van der Waals surface area contributed by atoms with E-state index in [0.717, 1.165) is 102 Å². The Hall–Kier alpha value is -10.5. The molecule has 0 aromatic heterocycles. The third-order valence-corrected chi connectivity index (χ3v) is 26.0. The van der Waals surface area contributed by atoms with Crippen LogP contribution in [0.2, 0.25) is 0 Å². The number of rotatable bonds is 21. The van der Waals surface area contributed by atoms with E-state index in [9.17, 15) is 34.8 Å². The summed E-state index contributed by atoms with van der Waals surface area (Å²) in [5.74, 6) is 5.58. The molecule has 13 rings (SSSR count). The molecular weight excluding hydrogens is 1500 g/mol. The average Bonchev–Trinajstić information content (AvgIpc) is 1.61. The molecule has 117 heavy (non-hydrogen) atoms. The molecule has 7 fully saturated rings. The summed E-state index contributed by atoms with van der Waals surface area (Å²) in [7, 11) is 13.9. The summed E-state index contributed by atoms with van der Waals surface area (Å²) in [6.07, 6.45) is 14.5. The van der Waals surface area contributed by atoms with E-state index < -0.39 is 22.3 Å². The fourth-order valence-corrected chi connectivity index (χ4v) is 18.4. The molecule has 4 amide bonds. The minimum Gasteiger partial charge on any atom is -0.493 e. The summed E-state index contributed by atoms with van der Waals surface area (Å²) in [5.41, 5.74) is 10.5. The van der Waals surface area contributed by atoms with Gasteiger partial charge in [-0.3, -0.25) is 0 Å². The predicted octanol–water partition coefficient (Wildman–Crippen LogP) is 16.1. The summed E-state index contributed by atoms with van der Waals surface area (Å²) in [6, 6.07) is 32.2. The molecule has 4 unspecified atom stereocenters. The number of nitrogens with one attached hydrogen (secondary N) is 1. The highest BCUT2D eigenvalue weighted by molar-refractivity contribution is 5.92. The number of carbonyl (C=O) groups is 4. The van der Waals surface area contributed by atoms with E-state index in [1.54, 1.807) is 75.9 Å². The fourth-order valence-electron chi connectivity index (χ4n) is 18.4. The molecular formula is C89H123N9O19. The highest BCUT2D eigenvalue weighted by Crippen LogP contribution is 2.52. The molecule has 3 saturated carbocycles. The number of ether oxygens (including phenoxy) is 12. The Kier molecular flexibility index (Phi) is 30.1. The first-order chi connectivity index (χ1) is 56.2. The number of nitrogens with zero attached hydrogens (tertiary/aromatic N) is 8. The van der Waals surface area contributed by atoms with E-state index in [1.807, 2.05) is 88.4 Å². The SMILES string of the molecule is CN/N=C(\C)[C@]1(C)CN(C(=O)OC)CC1c1ccc(OC)c(OC2CCCC2)c1.COC(=O)N1CC(c2ccc(OC)c(OC3CCCC3)c2)[C@@](C)(/C(C)=N\O)C1.COC(=O)N1CC(c2ccc(OC)c(OC3CCCC3)c2)[C@](C)(/C(C)=N\O)C1.COC(=O)N1CC(c2ccc(OC)c(OC3Cc4ccccc4C3)c2)[C@](C)(/C(C)=N\O)C1. The number of hydrogen-bond acceptors (Lipinski definition) is 24. The van der Waals surface area contributed by atoms with E-state index >= 15 is 0 Å². The lowest BCUT2D eigenvalue weighted by Crippen LogP contribution is -2.36. The van der Waals surface area contributed by atoms with Crippen molar-refractivity contribution < 1.29 is 91.6 Å². The van der Waals surface area contributed by atoms with Crippen LogP contribution in [0.25, 0.3) is 0 Å². The van der Waals surface area contributed by atoms with E-state index in [2.05, 4.69) is 69.3 Å². The van der Waals surface area contributed by atoms with Gasteiger partial charge in [-0.1, -0.05) is 91.7 Å². The Balaban J connectivity index is 0.000000165. The quantitative estimate of drug-likeness (QED) is 0.0229. The highest BCUT2D eigenvalue weighted by atomic mass is 16.6. The van der Waals surface area contributed by atoms with Crippen LogP contribution in [0.3, 0.4) is 0 Å². The number of hydrazone groups is 1. The van der Waals surface area contributed by atoms with Crippen LogP contribution in [0.5, 0.6) is 46.0 Å². The van der Waals surface area contributed by atoms with Gasteiger partial charge in [0.1, 0.15) is 6.10 Å². The van der Waals surface area contributed by atoms with Crippen molar-refractivity contribution in [3.05, 3.63) is 130 Å². The van der Waals surface area contributed by atoms with Gasteiger partial charge in [0.25, 0.3) is 0 Å². The van der Waals surface area contributed by atoms with Crippen molar-refractivity contribution >= 4 is 47.2 Å². The fraction of sp³-hybridized carbons (Fsp3) is 0.573. The van der Waals surface area contributed by atoms with Gasteiger partial charge in [0.15, 0.2) is 46.0 Å². The molecule has 638 valence electrons. The molecule has 4 aliphatic heterocycles. The molecule has 5 aromatic carbocycles. The third kappa shape index (κ3) is 19.9. The molecule has 28 nitrogen and oxygen atoms in total. The molecule has 8 aliphatic rings. The predicted molar refractivity (Wildman–Crippen MR) is 445 cm³/mol. The minimum atomic E-state index is -0.543. The molecule has 4 N–H and O–H groups in total. The van der Waals surface area contributed by atoms with Crippen molar-refractivity contribution in [2.45, 2.75) is 193 Å². The van der Waals surface area contributed by atoms with Gasteiger partial charge in [0.2, 0.25) is 0 Å². The Bertz CT molecular complexity index is 4220. The number of likely N-dealkylation sites (tertiary alicyclic amines) is 4. The number of hydrogen-bond donors (Lipinski definition) is 4. The highest BCUT2D eigenvalue weighted by Gasteiger charge is 2.53. The van der Waals surface area contributed by atoms with E-state index in [4.69, 9.17) is 56.8 Å². The molecule has 0 radical (unpaired) electrons. The number of carbonyl (C=O) groups excluding carboxylic acids is 4. The first-order valence-electron chi connectivity index (χ1n) is 40.7. The zero-order chi connectivity index (χ0) is 84.5. The van der Waals surface area contributed by atoms with Crippen LogP contribution in [0.4, 0.5) is 19.2 Å². The summed E-state index contributed by atoms with van der Waals surface area (Å²) < 4.78 is 67.1. The van der Waals surface area contributed by atoms with Crippen molar-refractivity contribution in [1.82, 2.24) is 25.0 Å².